The van der Waals surface area contributed by atoms with E-state index in [9.17, 15) is 0 Å². The van der Waals surface area contributed by atoms with Gasteiger partial charge in [-0.05, 0) is 134 Å². The van der Waals surface area contributed by atoms with Gasteiger partial charge in [0.2, 0.25) is 0 Å². The first kappa shape index (κ1) is 41.8. The van der Waals surface area contributed by atoms with Crippen molar-refractivity contribution < 1.29 is 0 Å². The molecule has 54 heavy (non-hydrogen) atoms. The number of allylic oxidation sites excluding steroid dienone is 8. The van der Waals surface area contributed by atoms with E-state index in [0.29, 0.717) is 0 Å². The van der Waals surface area contributed by atoms with E-state index in [1.165, 1.54) is 100 Å². The summed E-state index contributed by atoms with van der Waals surface area (Å²) in [5.41, 5.74) is 24.0. The second kappa shape index (κ2) is 19.9. The lowest BCUT2D eigenvalue weighted by Gasteiger charge is -2.31. The first-order valence-corrected chi connectivity index (χ1v) is 20.5. The summed E-state index contributed by atoms with van der Waals surface area (Å²) in [4.78, 5) is 0. The highest BCUT2D eigenvalue weighted by molar-refractivity contribution is 6.11. The average Bonchev–Trinajstić information content (AvgIpc) is 3.21. The van der Waals surface area contributed by atoms with Crippen LogP contribution in [0.15, 0.2) is 133 Å². The molecule has 0 heterocycles. The number of hydrogen-bond donors (Lipinski definition) is 0. The maximum absolute atomic E-state index is 2.42. The number of aryl methyl sites for hydroxylation is 4. The normalized spacial score (nSPS) is 13.3. The highest BCUT2D eigenvalue weighted by atomic mass is 14.3. The van der Waals surface area contributed by atoms with Gasteiger partial charge in [-0.3, -0.25) is 0 Å². The smallest absolute Gasteiger partial charge is 0.00140 e. The predicted molar refractivity (Wildman–Crippen MR) is 243 cm³/mol. The van der Waals surface area contributed by atoms with Gasteiger partial charge in [-0.2, -0.15) is 0 Å². The lowest BCUT2D eigenvalue weighted by atomic mass is 9.72. The molecule has 0 unspecified atom stereocenters. The fourth-order valence-corrected chi connectivity index (χ4v) is 7.33. The summed E-state index contributed by atoms with van der Waals surface area (Å²) in [6.07, 6.45) is 13.8. The third-order valence-electron chi connectivity index (χ3n) is 10.2. The van der Waals surface area contributed by atoms with Crippen LogP contribution in [0.2, 0.25) is 0 Å². The summed E-state index contributed by atoms with van der Waals surface area (Å²) < 4.78 is 0. The molecule has 5 aromatic rings. The quantitative estimate of drug-likeness (QED) is 0.164. The van der Waals surface area contributed by atoms with E-state index in [1.807, 2.05) is 41.5 Å². The van der Waals surface area contributed by atoms with Crippen LogP contribution in [0.4, 0.5) is 0 Å². The van der Waals surface area contributed by atoms with Crippen molar-refractivity contribution in [2.45, 2.75) is 109 Å². The van der Waals surface area contributed by atoms with Crippen LogP contribution in [0.25, 0.3) is 55.7 Å². The van der Waals surface area contributed by atoms with E-state index in [0.717, 1.165) is 25.7 Å². The maximum Gasteiger partial charge on any atom is -0.00140 e. The second-order valence-corrected chi connectivity index (χ2v) is 14.1. The van der Waals surface area contributed by atoms with Gasteiger partial charge in [-0.1, -0.05) is 196 Å². The highest BCUT2D eigenvalue weighted by Gasteiger charge is 2.31. The Morgan fingerprint density at radius 3 is 0.685 bits per heavy atom. The van der Waals surface area contributed by atoms with E-state index in [1.54, 1.807) is 0 Å². The molecule has 0 aliphatic heterocycles. The van der Waals surface area contributed by atoms with Crippen LogP contribution in [-0.2, 0) is 0 Å². The van der Waals surface area contributed by atoms with Gasteiger partial charge in [0.05, 0.1) is 0 Å². The Morgan fingerprint density at radius 2 is 0.481 bits per heavy atom. The molecule has 7 rings (SSSR count). The summed E-state index contributed by atoms with van der Waals surface area (Å²) in [7, 11) is 0. The highest BCUT2D eigenvalue weighted by Crippen LogP contribution is 2.55. The zero-order valence-corrected chi connectivity index (χ0v) is 35.4. The van der Waals surface area contributed by atoms with E-state index in [2.05, 4.69) is 163 Å². The fourth-order valence-electron chi connectivity index (χ4n) is 7.33. The lowest BCUT2D eigenvalue weighted by molar-refractivity contribution is 0.967. The molecule has 0 saturated carbocycles. The molecule has 2 aliphatic carbocycles. The summed E-state index contributed by atoms with van der Waals surface area (Å²) in [5.74, 6) is 0. The summed E-state index contributed by atoms with van der Waals surface area (Å²) in [5, 5.41) is 0. The van der Waals surface area contributed by atoms with Crippen LogP contribution in [-0.4, -0.2) is 0 Å². The van der Waals surface area contributed by atoms with E-state index in [4.69, 9.17) is 0 Å². The van der Waals surface area contributed by atoms with Crippen molar-refractivity contribution in [1.82, 2.24) is 0 Å². The monoisotopic (exact) mass is 713 g/mol. The minimum absolute atomic E-state index is 1.03. The summed E-state index contributed by atoms with van der Waals surface area (Å²) in [6.45, 7) is 25.3. The number of rotatable bonds is 6. The standard InChI is InChI=1S/C48H46.3C2H6/c1-31-7-19-37(20-8-31)43-44(38-21-9-32(2)10-22-38)46(40-25-13-34(4)14-26-40)48(42-29-17-36(6)18-30-42)47(41-27-15-35(5)16-28-41)45(43)39-23-11-33(3)12-24-39;3*1-2/h7-15,17,19-27,29H,16,18,28,30H2,1-6H3;3*1-2H3. The first-order chi connectivity index (χ1) is 26.3. The Kier molecular flexibility index (Phi) is 15.4. The Bertz CT molecular complexity index is 1950. The van der Waals surface area contributed by atoms with Crippen LogP contribution in [0.3, 0.4) is 0 Å². The first-order valence-electron chi connectivity index (χ1n) is 20.5. The van der Waals surface area contributed by atoms with Gasteiger partial charge in [-0.25, -0.2) is 0 Å². The zero-order chi connectivity index (χ0) is 39.4. The molecule has 0 nitrogen and oxygen atoms in total. The van der Waals surface area contributed by atoms with Crippen molar-refractivity contribution in [2.24, 2.45) is 0 Å². The third kappa shape index (κ3) is 9.40. The molecule has 280 valence electrons. The van der Waals surface area contributed by atoms with Gasteiger partial charge in [-0.15, -0.1) is 0 Å². The van der Waals surface area contributed by atoms with Crippen LogP contribution in [0.5, 0.6) is 0 Å². The molecular formula is C54H64. The van der Waals surface area contributed by atoms with Crippen LogP contribution < -0.4 is 0 Å². The van der Waals surface area contributed by atoms with Gasteiger partial charge in [0.15, 0.2) is 0 Å². The van der Waals surface area contributed by atoms with Crippen LogP contribution in [0, 0.1) is 27.7 Å². The minimum atomic E-state index is 1.03. The molecule has 0 spiro atoms. The molecular weight excluding hydrogens is 649 g/mol. The van der Waals surface area contributed by atoms with Gasteiger partial charge in [0, 0.05) is 0 Å². The summed E-state index contributed by atoms with van der Waals surface area (Å²) >= 11 is 0. The molecule has 5 aromatic carbocycles. The Hall–Kier alpha value is -4.94. The van der Waals surface area contributed by atoms with E-state index < -0.39 is 0 Å². The van der Waals surface area contributed by atoms with Crippen molar-refractivity contribution in [2.75, 3.05) is 0 Å². The Labute approximate surface area is 329 Å². The van der Waals surface area contributed by atoms with Gasteiger partial charge in [0.25, 0.3) is 0 Å². The van der Waals surface area contributed by atoms with E-state index >= 15 is 0 Å². The fraction of sp³-hybridized carbons (Fsp3) is 0.296. The SMILES string of the molecule is CC.CC.CC.CC1=CC=C(c2c(C3=CC=C(C)CC3)c(-c3ccc(C)cc3)c(-c3ccc(C)cc3)c(-c3ccc(C)cc3)c2-c2ccc(C)cc2)CC1. The van der Waals surface area contributed by atoms with Crippen LogP contribution in [0.1, 0.15) is 114 Å². The minimum Gasteiger partial charge on any atom is -0.0730 e. The van der Waals surface area contributed by atoms with Crippen molar-refractivity contribution in [3.63, 3.8) is 0 Å². The molecule has 0 aromatic heterocycles. The average molecular weight is 713 g/mol. The molecule has 0 amide bonds. The van der Waals surface area contributed by atoms with Crippen molar-refractivity contribution in [3.05, 3.63) is 166 Å². The largest absolute Gasteiger partial charge is 0.0730 e. The molecule has 0 N–H and O–H groups in total. The molecule has 0 bridgehead atoms. The second-order valence-electron chi connectivity index (χ2n) is 14.1. The van der Waals surface area contributed by atoms with Gasteiger partial charge in [0.1, 0.15) is 0 Å². The summed E-state index contributed by atoms with van der Waals surface area (Å²) in [6, 6.07) is 37.0. The van der Waals surface area contributed by atoms with Crippen molar-refractivity contribution in [3.8, 4) is 44.5 Å². The Balaban J connectivity index is 0.00000103. The van der Waals surface area contributed by atoms with Crippen LogP contribution >= 0.6 is 0 Å². The topological polar surface area (TPSA) is 0 Å². The molecule has 0 radical (unpaired) electrons. The van der Waals surface area contributed by atoms with Crippen molar-refractivity contribution in [1.29, 1.82) is 0 Å². The molecule has 0 heteroatoms. The predicted octanol–water partition coefficient (Wildman–Crippen LogP) is 16.9. The Morgan fingerprint density at radius 1 is 0.259 bits per heavy atom. The molecule has 0 atom stereocenters. The van der Waals surface area contributed by atoms with Crippen molar-refractivity contribution >= 4 is 11.1 Å². The zero-order valence-electron chi connectivity index (χ0n) is 35.4. The third-order valence-corrected chi connectivity index (χ3v) is 10.2. The maximum atomic E-state index is 2.42. The molecule has 0 fully saturated rings. The molecule has 2 aliphatic rings. The molecule has 0 saturated heterocycles. The number of hydrogen-bond acceptors (Lipinski definition) is 0. The lowest BCUT2D eigenvalue weighted by Crippen LogP contribution is -2.08. The van der Waals surface area contributed by atoms with Gasteiger partial charge >= 0.3 is 0 Å². The number of benzene rings is 5. The van der Waals surface area contributed by atoms with E-state index in [-0.39, 0.29) is 0 Å². The van der Waals surface area contributed by atoms with Gasteiger partial charge < -0.3 is 0 Å².